The van der Waals surface area contributed by atoms with Gasteiger partial charge in [-0.1, -0.05) is 0 Å². The Morgan fingerprint density at radius 1 is 1.14 bits per heavy atom. The van der Waals surface area contributed by atoms with Gasteiger partial charge in [0.25, 0.3) is 0 Å². The summed E-state index contributed by atoms with van der Waals surface area (Å²) in [6.07, 6.45) is 0.689. The normalized spacial score (nSPS) is 10.4. The molecule has 0 unspecified atom stereocenters. The topological polar surface area (TPSA) is 70.7 Å². The zero-order valence-corrected chi connectivity index (χ0v) is 13.5. The van der Waals surface area contributed by atoms with Crippen LogP contribution in [0.2, 0.25) is 0 Å². The summed E-state index contributed by atoms with van der Waals surface area (Å²) in [7, 11) is 3.96. The summed E-state index contributed by atoms with van der Waals surface area (Å²) in [5.41, 5.74) is 0.647. The van der Waals surface area contributed by atoms with Gasteiger partial charge >= 0.3 is 0 Å². The van der Waals surface area contributed by atoms with Crippen molar-refractivity contribution in [3.8, 4) is 5.75 Å². The number of carbonyl (C=O) groups is 2. The largest absolute Gasteiger partial charge is 0.494 e. The van der Waals surface area contributed by atoms with Crippen LogP contribution in [0.4, 0.5) is 5.69 Å². The van der Waals surface area contributed by atoms with E-state index in [2.05, 4.69) is 10.6 Å². The lowest BCUT2D eigenvalue weighted by molar-refractivity contribution is -0.126. The van der Waals surface area contributed by atoms with E-state index in [1.54, 1.807) is 24.3 Å². The second-order valence-corrected chi connectivity index (χ2v) is 5.19. The van der Waals surface area contributed by atoms with E-state index in [-0.39, 0.29) is 18.2 Å². The molecule has 2 N–H and O–H groups in total. The van der Waals surface area contributed by atoms with Gasteiger partial charge in [0.2, 0.25) is 11.8 Å². The molecule has 0 saturated heterocycles. The standard InChI is InChI=1S/C16H25N3O3/c1-4-22-14-8-6-13(7-9-14)18-16(21)12-15(20)17-10-5-11-19(2)3/h6-9H,4-5,10-12H2,1-3H3,(H,17,20)(H,18,21). The Morgan fingerprint density at radius 3 is 2.41 bits per heavy atom. The SMILES string of the molecule is CCOc1ccc(NC(=O)CC(=O)NCCCN(C)C)cc1. The molecule has 0 saturated carbocycles. The predicted octanol–water partition coefficient (Wildman–Crippen LogP) is 1.48. The highest BCUT2D eigenvalue weighted by atomic mass is 16.5. The van der Waals surface area contributed by atoms with Gasteiger partial charge in [0, 0.05) is 12.2 Å². The number of ether oxygens (including phenoxy) is 1. The smallest absolute Gasteiger partial charge is 0.233 e. The highest BCUT2D eigenvalue weighted by molar-refractivity contribution is 6.03. The third kappa shape index (κ3) is 7.64. The molecule has 122 valence electrons. The fourth-order valence-electron chi connectivity index (χ4n) is 1.84. The molecule has 0 aliphatic carbocycles. The van der Waals surface area contributed by atoms with Crippen molar-refractivity contribution in [2.24, 2.45) is 0 Å². The van der Waals surface area contributed by atoms with Gasteiger partial charge in [-0.05, 0) is 58.3 Å². The third-order valence-electron chi connectivity index (χ3n) is 2.87. The molecule has 0 fully saturated rings. The van der Waals surface area contributed by atoms with Crippen molar-refractivity contribution in [2.75, 3.05) is 39.1 Å². The van der Waals surface area contributed by atoms with Crippen molar-refractivity contribution < 1.29 is 14.3 Å². The van der Waals surface area contributed by atoms with E-state index < -0.39 is 0 Å². The number of anilines is 1. The number of carbonyl (C=O) groups excluding carboxylic acids is 2. The number of nitrogens with zero attached hydrogens (tertiary/aromatic N) is 1. The summed E-state index contributed by atoms with van der Waals surface area (Å²) in [4.78, 5) is 25.4. The van der Waals surface area contributed by atoms with Crippen LogP contribution in [0.5, 0.6) is 5.75 Å². The van der Waals surface area contributed by atoms with Crippen LogP contribution in [0.1, 0.15) is 19.8 Å². The minimum Gasteiger partial charge on any atom is -0.494 e. The number of amides is 2. The maximum Gasteiger partial charge on any atom is 0.233 e. The summed E-state index contributed by atoms with van der Waals surface area (Å²) in [5.74, 6) is 0.163. The maximum atomic E-state index is 11.8. The molecule has 1 aromatic carbocycles. The van der Waals surface area contributed by atoms with Crippen molar-refractivity contribution in [3.05, 3.63) is 24.3 Å². The first kappa shape index (κ1) is 18.0. The van der Waals surface area contributed by atoms with Crippen molar-refractivity contribution in [3.63, 3.8) is 0 Å². The van der Waals surface area contributed by atoms with Crippen LogP contribution in [0, 0.1) is 0 Å². The maximum absolute atomic E-state index is 11.8. The third-order valence-corrected chi connectivity index (χ3v) is 2.87. The van der Waals surface area contributed by atoms with E-state index in [0.717, 1.165) is 18.7 Å². The molecule has 6 nitrogen and oxygen atoms in total. The second-order valence-electron chi connectivity index (χ2n) is 5.19. The fraction of sp³-hybridized carbons (Fsp3) is 0.500. The molecule has 0 atom stereocenters. The number of hydrogen-bond acceptors (Lipinski definition) is 4. The van der Waals surface area contributed by atoms with Gasteiger partial charge in [0.15, 0.2) is 0 Å². The van der Waals surface area contributed by atoms with Crippen LogP contribution in [0.25, 0.3) is 0 Å². The van der Waals surface area contributed by atoms with Crippen LogP contribution >= 0.6 is 0 Å². The average molecular weight is 307 g/mol. The first-order chi connectivity index (χ1) is 10.5. The van der Waals surface area contributed by atoms with Crippen LogP contribution in [0.15, 0.2) is 24.3 Å². The molecule has 0 spiro atoms. The van der Waals surface area contributed by atoms with Crippen LogP contribution in [-0.2, 0) is 9.59 Å². The van der Waals surface area contributed by atoms with Crippen molar-refractivity contribution in [1.82, 2.24) is 10.2 Å². The minimum atomic E-state index is -0.325. The molecule has 0 aliphatic heterocycles. The van der Waals surface area contributed by atoms with Gasteiger partial charge < -0.3 is 20.3 Å². The van der Waals surface area contributed by atoms with E-state index >= 15 is 0 Å². The first-order valence-electron chi connectivity index (χ1n) is 7.45. The highest BCUT2D eigenvalue weighted by Gasteiger charge is 2.09. The van der Waals surface area contributed by atoms with Gasteiger partial charge in [-0.2, -0.15) is 0 Å². The zero-order valence-electron chi connectivity index (χ0n) is 13.5. The predicted molar refractivity (Wildman–Crippen MR) is 87.0 cm³/mol. The van der Waals surface area contributed by atoms with Crippen molar-refractivity contribution in [1.29, 1.82) is 0 Å². The molecule has 0 heterocycles. The molecule has 1 aromatic rings. The van der Waals surface area contributed by atoms with E-state index in [1.807, 2.05) is 25.9 Å². The van der Waals surface area contributed by atoms with Crippen LogP contribution in [-0.4, -0.2) is 50.5 Å². The number of hydrogen-bond donors (Lipinski definition) is 2. The lowest BCUT2D eigenvalue weighted by atomic mass is 10.3. The molecule has 1 rings (SSSR count). The molecular weight excluding hydrogens is 282 g/mol. The van der Waals surface area contributed by atoms with Gasteiger partial charge in [-0.15, -0.1) is 0 Å². The number of nitrogens with one attached hydrogen (secondary N) is 2. The van der Waals surface area contributed by atoms with E-state index in [1.165, 1.54) is 0 Å². The summed E-state index contributed by atoms with van der Waals surface area (Å²) >= 11 is 0. The lowest BCUT2D eigenvalue weighted by Gasteiger charge is -2.10. The monoisotopic (exact) mass is 307 g/mol. The zero-order chi connectivity index (χ0) is 16.4. The molecule has 2 amide bonds. The van der Waals surface area contributed by atoms with E-state index in [9.17, 15) is 9.59 Å². The Morgan fingerprint density at radius 2 is 1.82 bits per heavy atom. The number of benzene rings is 1. The number of rotatable bonds is 9. The lowest BCUT2D eigenvalue weighted by Crippen LogP contribution is -2.30. The Hall–Kier alpha value is -2.08. The highest BCUT2D eigenvalue weighted by Crippen LogP contribution is 2.15. The first-order valence-corrected chi connectivity index (χ1v) is 7.45. The minimum absolute atomic E-state index is 0.171. The summed E-state index contributed by atoms with van der Waals surface area (Å²) in [6.45, 7) is 3.98. The van der Waals surface area contributed by atoms with Crippen molar-refractivity contribution in [2.45, 2.75) is 19.8 Å². The Labute approximate surface area is 131 Å². The van der Waals surface area contributed by atoms with Gasteiger partial charge in [-0.3, -0.25) is 9.59 Å². The van der Waals surface area contributed by atoms with Gasteiger partial charge in [0.1, 0.15) is 12.2 Å². The summed E-state index contributed by atoms with van der Waals surface area (Å²) in [6, 6.07) is 7.05. The van der Waals surface area contributed by atoms with Crippen molar-refractivity contribution >= 4 is 17.5 Å². The fourth-order valence-corrected chi connectivity index (χ4v) is 1.84. The van der Waals surface area contributed by atoms with Gasteiger partial charge in [0.05, 0.1) is 6.61 Å². The summed E-state index contributed by atoms with van der Waals surface area (Å²) in [5, 5.41) is 5.42. The van der Waals surface area contributed by atoms with Crippen LogP contribution < -0.4 is 15.4 Å². The molecular formula is C16H25N3O3. The molecule has 6 heteroatoms. The van der Waals surface area contributed by atoms with E-state index in [4.69, 9.17) is 4.74 Å². The van der Waals surface area contributed by atoms with Crippen LogP contribution in [0.3, 0.4) is 0 Å². The molecule has 0 aliphatic rings. The molecule has 22 heavy (non-hydrogen) atoms. The second kappa shape index (κ2) is 9.78. The Balaban J connectivity index is 2.28. The summed E-state index contributed by atoms with van der Waals surface area (Å²) < 4.78 is 5.32. The molecule has 0 aromatic heterocycles. The van der Waals surface area contributed by atoms with E-state index in [0.29, 0.717) is 18.8 Å². The quantitative estimate of drug-likeness (QED) is 0.535. The van der Waals surface area contributed by atoms with Gasteiger partial charge in [-0.25, -0.2) is 0 Å². The Kier molecular flexibility index (Phi) is 7.99. The Bertz CT molecular complexity index is 472. The molecule has 0 radical (unpaired) electrons. The average Bonchev–Trinajstić information content (AvgIpc) is 2.45. The molecule has 0 bridgehead atoms.